The number of pyridine rings is 1. The molecule has 0 bridgehead atoms. The Labute approximate surface area is 183 Å². The van der Waals surface area contributed by atoms with Crippen LogP contribution in [0.5, 0.6) is 0 Å². The van der Waals surface area contributed by atoms with E-state index in [-0.39, 0.29) is 23.4 Å². The number of rotatable bonds is 8. The van der Waals surface area contributed by atoms with Gasteiger partial charge in [0.2, 0.25) is 15.9 Å². The lowest BCUT2D eigenvalue weighted by molar-refractivity contribution is -0.130. The predicted molar refractivity (Wildman–Crippen MR) is 115 cm³/mol. The van der Waals surface area contributed by atoms with Crippen LogP contribution in [-0.2, 0) is 19.6 Å². The maximum absolute atomic E-state index is 12.7. The van der Waals surface area contributed by atoms with E-state index >= 15 is 0 Å². The molecule has 11 heteroatoms. The summed E-state index contributed by atoms with van der Waals surface area (Å²) in [6.45, 7) is 6.63. The van der Waals surface area contributed by atoms with E-state index in [1.165, 1.54) is 10.5 Å². The molecule has 3 heterocycles. The Hall–Kier alpha value is -2.26. The van der Waals surface area contributed by atoms with E-state index in [1.54, 1.807) is 17.0 Å². The summed E-state index contributed by atoms with van der Waals surface area (Å²) in [5.74, 6) is 0.471. The zero-order chi connectivity index (χ0) is 22.5. The molecule has 1 aromatic rings. The monoisotopic (exact) mass is 450 g/mol. The van der Waals surface area contributed by atoms with E-state index in [2.05, 4.69) is 21.7 Å². The number of anilines is 1. The summed E-state index contributed by atoms with van der Waals surface area (Å²) in [4.78, 5) is 18.4. The third-order valence-electron chi connectivity index (χ3n) is 5.50. The molecule has 3 rings (SSSR count). The average Bonchev–Trinajstić information content (AvgIpc) is 3.26. The van der Waals surface area contributed by atoms with Crippen molar-refractivity contribution >= 4 is 21.7 Å². The summed E-state index contributed by atoms with van der Waals surface area (Å²) in [6.07, 6.45) is 2.94. The van der Waals surface area contributed by atoms with Gasteiger partial charge in [0.05, 0.1) is 25.8 Å². The molecule has 2 N–H and O–H groups in total. The quantitative estimate of drug-likeness (QED) is 0.582. The lowest BCUT2D eigenvalue weighted by Crippen LogP contribution is -2.50. The molecule has 0 unspecified atom stereocenters. The van der Waals surface area contributed by atoms with Crippen LogP contribution in [0.3, 0.4) is 0 Å². The maximum atomic E-state index is 12.7. The summed E-state index contributed by atoms with van der Waals surface area (Å²) in [5.41, 5.74) is -0.419. The van der Waals surface area contributed by atoms with Crippen LogP contribution >= 0.6 is 0 Å². The largest absolute Gasteiger partial charge is 0.379 e. The van der Waals surface area contributed by atoms with Crippen molar-refractivity contribution in [1.29, 1.82) is 5.26 Å². The van der Waals surface area contributed by atoms with Gasteiger partial charge in [-0.3, -0.25) is 4.79 Å². The van der Waals surface area contributed by atoms with Gasteiger partial charge in [-0.25, -0.2) is 13.4 Å². The van der Waals surface area contributed by atoms with E-state index in [0.717, 1.165) is 12.8 Å². The van der Waals surface area contributed by atoms with Gasteiger partial charge in [0.25, 0.3) is 0 Å². The fourth-order valence-corrected chi connectivity index (χ4v) is 4.92. The fourth-order valence-electron chi connectivity index (χ4n) is 3.56. The minimum absolute atomic E-state index is 0.0760. The Morgan fingerprint density at radius 1 is 1.32 bits per heavy atom. The molecule has 0 radical (unpaired) electrons. The Kier molecular flexibility index (Phi) is 7.48. The third kappa shape index (κ3) is 5.92. The first-order chi connectivity index (χ1) is 14.7. The number of nitriles is 1. The van der Waals surface area contributed by atoms with Crippen LogP contribution in [0.4, 0.5) is 5.82 Å². The molecule has 0 spiro atoms. The number of hydrogen-bond acceptors (Lipinski definition) is 8. The number of morpholine rings is 1. The number of sulfonamides is 1. The van der Waals surface area contributed by atoms with Crippen LogP contribution in [0, 0.1) is 11.3 Å². The number of nitrogens with zero attached hydrogens (tertiary/aromatic N) is 4. The summed E-state index contributed by atoms with van der Waals surface area (Å²) < 4.78 is 31.9. The van der Waals surface area contributed by atoms with Gasteiger partial charge >= 0.3 is 0 Å². The van der Waals surface area contributed by atoms with Gasteiger partial charge < -0.3 is 20.3 Å². The predicted octanol–water partition coefficient (Wildman–Crippen LogP) is 0.397. The highest BCUT2D eigenvalue weighted by molar-refractivity contribution is 7.89. The first-order valence-electron chi connectivity index (χ1n) is 10.4. The Morgan fingerprint density at radius 3 is 2.71 bits per heavy atom. The van der Waals surface area contributed by atoms with E-state index in [0.29, 0.717) is 45.2 Å². The van der Waals surface area contributed by atoms with Gasteiger partial charge in [0.15, 0.2) is 0 Å². The topological polar surface area (TPSA) is 128 Å². The molecule has 2 aliphatic heterocycles. The van der Waals surface area contributed by atoms with Crippen molar-refractivity contribution in [2.24, 2.45) is 0 Å². The fraction of sp³-hybridized carbons (Fsp3) is 0.650. The van der Waals surface area contributed by atoms with Crippen LogP contribution < -0.4 is 10.6 Å². The highest BCUT2D eigenvalue weighted by Gasteiger charge is 2.30. The molecule has 0 aromatic carbocycles. The zero-order valence-corrected chi connectivity index (χ0v) is 18.8. The second-order valence-corrected chi connectivity index (χ2v) is 10.3. The first kappa shape index (κ1) is 23.4. The highest BCUT2D eigenvalue weighted by atomic mass is 32.2. The molecule has 10 nitrogen and oxygen atoms in total. The number of hydrogen-bond donors (Lipinski definition) is 2. The molecule has 2 aliphatic rings. The van der Waals surface area contributed by atoms with E-state index in [9.17, 15) is 13.2 Å². The molecule has 1 aromatic heterocycles. The van der Waals surface area contributed by atoms with Gasteiger partial charge in [-0.2, -0.15) is 9.57 Å². The molecule has 2 saturated heterocycles. The number of nitrogens with one attached hydrogen (secondary N) is 2. The summed E-state index contributed by atoms with van der Waals surface area (Å²) >= 11 is 0. The van der Waals surface area contributed by atoms with Crippen LogP contribution in [0.1, 0.15) is 26.7 Å². The second kappa shape index (κ2) is 9.91. The second-order valence-electron chi connectivity index (χ2n) is 8.36. The standard InChI is InChI=1S/C20H30N6O4S/c1-20(2,24-14-19(27)26-7-3-4-16(26)12-21)15-23-18-6-5-17(13-22-18)31(28,29)25-8-10-30-11-9-25/h5-6,13,16,24H,3-4,7-11,14-15H2,1-2H3,(H,22,23)/t16-/m0/s1. The Balaban J connectivity index is 1.50. The summed E-state index contributed by atoms with van der Waals surface area (Å²) in [7, 11) is -3.57. The molecular weight excluding hydrogens is 420 g/mol. The minimum atomic E-state index is -3.57. The molecule has 1 atom stereocenters. The number of carbonyl (C=O) groups excluding carboxylic acids is 1. The third-order valence-corrected chi connectivity index (χ3v) is 7.38. The van der Waals surface area contributed by atoms with Gasteiger partial charge in [0.1, 0.15) is 16.8 Å². The van der Waals surface area contributed by atoms with E-state index in [1.807, 2.05) is 13.8 Å². The number of amides is 1. The van der Waals surface area contributed by atoms with Crippen molar-refractivity contribution in [2.45, 2.75) is 43.2 Å². The molecular formula is C20H30N6O4S. The van der Waals surface area contributed by atoms with Crippen molar-refractivity contribution in [3.05, 3.63) is 18.3 Å². The van der Waals surface area contributed by atoms with Gasteiger partial charge in [-0.05, 0) is 38.8 Å². The van der Waals surface area contributed by atoms with Crippen molar-refractivity contribution in [3.8, 4) is 6.07 Å². The summed E-state index contributed by atoms with van der Waals surface area (Å²) in [5, 5.41) is 15.5. The smallest absolute Gasteiger partial charge is 0.244 e. The highest BCUT2D eigenvalue weighted by Crippen LogP contribution is 2.18. The van der Waals surface area contributed by atoms with Crippen LogP contribution in [0.15, 0.2) is 23.2 Å². The minimum Gasteiger partial charge on any atom is -0.379 e. The normalized spacial score (nSPS) is 20.4. The lowest BCUT2D eigenvalue weighted by atomic mass is 10.1. The molecule has 0 aliphatic carbocycles. The van der Waals surface area contributed by atoms with Crippen molar-refractivity contribution < 1.29 is 17.9 Å². The Morgan fingerprint density at radius 2 is 2.06 bits per heavy atom. The summed E-state index contributed by atoms with van der Waals surface area (Å²) in [6, 6.07) is 5.03. The maximum Gasteiger partial charge on any atom is 0.244 e. The first-order valence-corrected chi connectivity index (χ1v) is 11.9. The SMILES string of the molecule is CC(C)(CNc1ccc(S(=O)(=O)N2CCOCC2)cn1)NCC(=O)N1CCC[C@H]1C#N. The van der Waals surface area contributed by atoms with Crippen LogP contribution in [0.25, 0.3) is 0 Å². The van der Waals surface area contributed by atoms with Gasteiger partial charge in [-0.15, -0.1) is 0 Å². The van der Waals surface area contributed by atoms with Crippen molar-refractivity contribution in [1.82, 2.24) is 19.5 Å². The molecule has 31 heavy (non-hydrogen) atoms. The molecule has 0 saturated carbocycles. The number of carbonyl (C=O) groups is 1. The van der Waals surface area contributed by atoms with Crippen LogP contribution in [0.2, 0.25) is 0 Å². The van der Waals surface area contributed by atoms with Crippen LogP contribution in [-0.4, -0.2) is 86.0 Å². The van der Waals surface area contributed by atoms with Gasteiger partial charge in [0, 0.05) is 37.9 Å². The number of likely N-dealkylation sites (tertiary alicyclic amines) is 1. The van der Waals surface area contributed by atoms with Crippen molar-refractivity contribution in [3.63, 3.8) is 0 Å². The number of ether oxygens (including phenoxy) is 1. The number of aromatic nitrogens is 1. The Bertz CT molecular complexity index is 907. The average molecular weight is 451 g/mol. The zero-order valence-electron chi connectivity index (χ0n) is 18.0. The van der Waals surface area contributed by atoms with E-state index in [4.69, 9.17) is 10.00 Å². The molecule has 2 fully saturated rings. The van der Waals surface area contributed by atoms with E-state index < -0.39 is 15.6 Å². The van der Waals surface area contributed by atoms with Crippen molar-refractivity contribution in [2.75, 3.05) is 51.3 Å². The van der Waals surface area contributed by atoms with Gasteiger partial charge in [-0.1, -0.05) is 0 Å². The molecule has 170 valence electrons. The lowest BCUT2D eigenvalue weighted by Gasteiger charge is -2.28. The molecule has 1 amide bonds.